The summed E-state index contributed by atoms with van der Waals surface area (Å²) < 4.78 is 10.1. The third-order valence-electron chi connectivity index (χ3n) is 3.48. The van der Waals surface area contributed by atoms with E-state index in [0.29, 0.717) is 11.3 Å². The number of rotatable bonds is 10. The maximum atomic E-state index is 12.2. The molecule has 0 aliphatic heterocycles. The Hall–Kier alpha value is -1.49. The molecule has 1 rings (SSSR count). The van der Waals surface area contributed by atoms with E-state index in [1.54, 1.807) is 6.07 Å². The second-order valence-corrected chi connectivity index (χ2v) is 7.14. The molecule has 1 aromatic rings. The van der Waals surface area contributed by atoms with Crippen LogP contribution in [0.15, 0.2) is 34.2 Å². The monoisotopic (exact) mass is 320 g/mol. The molecule has 1 atom stereocenters. The fourth-order valence-electron chi connectivity index (χ4n) is 2.16. The molecule has 0 aliphatic rings. The van der Waals surface area contributed by atoms with Crippen molar-refractivity contribution in [3.8, 4) is 5.75 Å². The Balaban J connectivity index is 2.75. The highest BCUT2D eigenvalue weighted by Crippen LogP contribution is 2.23. The zero-order valence-electron chi connectivity index (χ0n) is 14.0. The molecule has 0 bridgehead atoms. The summed E-state index contributed by atoms with van der Waals surface area (Å²) >= 11 is 0. The van der Waals surface area contributed by atoms with Gasteiger partial charge in [-0.2, -0.15) is 0 Å². The standard InChI is InChI=1S/C17H28N2O2Si/c1-4-7-8-11-14(5-2)21-16-13-10-9-12-15(16)17(20)18-19-22-6-3/h9-10,12-14H,4-8,11,22H2,1-3H3. The first-order valence-corrected chi connectivity index (χ1v) is 10.0. The number of unbranched alkanes of at least 4 members (excludes halogenated alkanes) is 2. The molecule has 0 aromatic heterocycles. The number of nitrogens with zero attached hydrogens (tertiary/aromatic N) is 2. The molecular weight excluding hydrogens is 292 g/mol. The molecule has 0 aliphatic carbocycles. The first-order valence-electron chi connectivity index (χ1n) is 8.40. The highest BCUT2D eigenvalue weighted by molar-refractivity contribution is 6.32. The maximum Gasteiger partial charge on any atom is 0.297 e. The van der Waals surface area contributed by atoms with Gasteiger partial charge >= 0.3 is 0 Å². The Morgan fingerprint density at radius 1 is 1.23 bits per heavy atom. The van der Waals surface area contributed by atoms with Gasteiger partial charge in [0.1, 0.15) is 5.75 Å². The Bertz CT molecular complexity index is 477. The molecule has 0 radical (unpaired) electrons. The number of hydrogen-bond acceptors (Lipinski definition) is 3. The lowest BCUT2D eigenvalue weighted by Crippen LogP contribution is -2.16. The average Bonchev–Trinajstić information content (AvgIpc) is 2.54. The van der Waals surface area contributed by atoms with Crippen LogP contribution in [0.4, 0.5) is 0 Å². The molecule has 1 aromatic carbocycles. The predicted octanol–water partition coefficient (Wildman–Crippen LogP) is 4.54. The maximum absolute atomic E-state index is 12.2. The molecule has 0 saturated carbocycles. The van der Waals surface area contributed by atoms with Crippen molar-refractivity contribution in [1.82, 2.24) is 0 Å². The quantitative estimate of drug-likeness (QED) is 0.361. The highest BCUT2D eigenvalue weighted by atomic mass is 28.2. The minimum Gasteiger partial charge on any atom is -0.490 e. The summed E-state index contributed by atoms with van der Waals surface area (Å²) in [7, 11) is -0.582. The van der Waals surface area contributed by atoms with Gasteiger partial charge in [-0.1, -0.05) is 45.7 Å². The first-order chi connectivity index (χ1) is 10.7. The topological polar surface area (TPSA) is 51.0 Å². The predicted molar refractivity (Wildman–Crippen MR) is 93.5 cm³/mol. The van der Waals surface area contributed by atoms with Crippen LogP contribution in [0.2, 0.25) is 6.04 Å². The zero-order chi connectivity index (χ0) is 16.2. The molecule has 0 saturated heterocycles. The van der Waals surface area contributed by atoms with Crippen molar-refractivity contribution in [2.75, 3.05) is 0 Å². The third-order valence-corrected chi connectivity index (χ3v) is 4.27. The lowest BCUT2D eigenvalue weighted by atomic mass is 10.1. The van der Waals surface area contributed by atoms with Crippen molar-refractivity contribution < 1.29 is 9.53 Å². The van der Waals surface area contributed by atoms with E-state index in [9.17, 15) is 4.79 Å². The van der Waals surface area contributed by atoms with Crippen LogP contribution in [0, 0.1) is 0 Å². The fraction of sp³-hybridized carbons (Fsp3) is 0.588. The second kappa shape index (κ2) is 11.1. The molecule has 5 heteroatoms. The van der Waals surface area contributed by atoms with Crippen molar-refractivity contribution in [3.63, 3.8) is 0 Å². The molecule has 122 valence electrons. The summed E-state index contributed by atoms with van der Waals surface area (Å²) in [6.07, 6.45) is 5.70. The van der Waals surface area contributed by atoms with Crippen molar-refractivity contribution in [2.24, 2.45) is 9.89 Å². The number of carbonyl (C=O) groups excluding carboxylic acids is 1. The van der Waals surface area contributed by atoms with E-state index >= 15 is 0 Å². The molecule has 4 nitrogen and oxygen atoms in total. The number of para-hydroxylation sites is 1. The van der Waals surface area contributed by atoms with Gasteiger partial charge in [0.25, 0.3) is 5.91 Å². The van der Waals surface area contributed by atoms with E-state index in [1.807, 2.05) is 18.2 Å². The number of ether oxygens (including phenoxy) is 1. The highest BCUT2D eigenvalue weighted by Gasteiger charge is 2.15. The van der Waals surface area contributed by atoms with Crippen molar-refractivity contribution >= 4 is 15.6 Å². The molecule has 0 spiro atoms. The minimum absolute atomic E-state index is 0.155. The smallest absolute Gasteiger partial charge is 0.297 e. The van der Waals surface area contributed by atoms with Gasteiger partial charge in [-0.3, -0.25) is 4.79 Å². The largest absolute Gasteiger partial charge is 0.490 e. The second-order valence-electron chi connectivity index (χ2n) is 5.41. The molecule has 1 unspecified atom stereocenters. The zero-order valence-corrected chi connectivity index (χ0v) is 15.5. The van der Waals surface area contributed by atoms with Crippen LogP contribution in [0.25, 0.3) is 0 Å². The normalized spacial score (nSPS) is 13.0. The van der Waals surface area contributed by atoms with Crippen molar-refractivity contribution in [3.05, 3.63) is 29.8 Å². The van der Waals surface area contributed by atoms with E-state index in [2.05, 4.69) is 30.7 Å². The lowest BCUT2D eigenvalue weighted by molar-refractivity contribution is 0.0986. The lowest BCUT2D eigenvalue weighted by Gasteiger charge is -2.18. The van der Waals surface area contributed by atoms with Crippen LogP contribution in [0.1, 0.15) is 63.2 Å². The molecule has 1 amide bonds. The van der Waals surface area contributed by atoms with E-state index < -0.39 is 9.68 Å². The Labute approximate surface area is 136 Å². The van der Waals surface area contributed by atoms with Gasteiger partial charge in [-0.05, 0) is 37.4 Å². The summed E-state index contributed by atoms with van der Waals surface area (Å²) in [5, 5.41) is 3.82. The number of amides is 1. The molecule has 0 heterocycles. The minimum atomic E-state index is -0.582. The summed E-state index contributed by atoms with van der Waals surface area (Å²) in [6.45, 7) is 6.38. The average molecular weight is 321 g/mol. The molecule has 0 fully saturated rings. The van der Waals surface area contributed by atoms with E-state index in [-0.39, 0.29) is 12.0 Å². The van der Waals surface area contributed by atoms with Crippen molar-refractivity contribution in [2.45, 2.75) is 65.0 Å². The molecular formula is C17H28N2O2Si. The summed E-state index contributed by atoms with van der Waals surface area (Å²) in [5.41, 5.74) is 0.519. The van der Waals surface area contributed by atoms with Gasteiger partial charge < -0.3 is 4.74 Å². The third kappa shape index (κ3) is 6.51. The van der Waals surface area contributed by atoms with Gasteiger partial charge in [0.15, 0.2) is 9.68 Å². The van der Waals surface area contributed by atoms with Crippen LogP contribution < -0.4 is 4.74 Å². The van der Waals surface area contributed by atoms with Crippen LogP contribution >= 0.6 is 0 Å². The van der Waals surface area contributed by atoms with E-state index in [0.717, 1.165) is 25.3 Å². The summed E-state index contributed by atoms with van der Waals surface area (Å²) in [4.78, 5) is 12.2. The summed E-state index contributed by atoms with van der Waals surface area (Å²) in [5.74, 6) is 0.341. The summed E-state index contributed by atoms with van der Waals surface area (Å²) in [6, 6.07) is 8.36. The Morgan fingerprint density at radius 3 is 2.68 bits per heavy atom. The van der Waals surface area contributed by atoms with Crippen molar-refractivity contribution in [1.29, 1.82) is 0 Å². The fourth-order valence-corrected chi connectivity index (χ4v) is 2.59. The van der Waals surface area contributed by atoms with E-state index in [4.69, 9.17) is 4.74 Å². The van der Waals surface area contributed by atoms with Gasteiger partial charge in [-0.25, -0.2) is 4.78 Å². The van der Waals surface area contributed by atoms with Gasteiger partial charge in [-0.15, -0.1) is 5.11 Å². The Morgan fingerprint density at radius 2 is 2.00 bits per heavy atom. The SMILES string of the molecule is CCCCCC(CC)Oc1ccccc1C(=O)N=N[SiH2]CC. The first kappa shape index (κ1) is 18.6. The van der Waals surface area contributed by atoms with Crippen LogP contribution in [0.3, 0.4) is 0 Å². The van der Waals surface area contributed by atoms with Crippen LogP contribution in [-0.2, 0) is 0 Å². The number of hydrogen-bond donors (Lipinski definition) is 0. The number of carbonyl (C=O) groups is 1. The van der Waals surface area contributed by atoms with Gasteiger partial charge in [0.2, 0.25) is 0 Å². The molecule has 0 N–H and O–H groups in total. The van der Waals surface area contributed by atoms with Gasteiger partial charge in [0, 0.05) is 0 Å². The molecule has 22 heavy (non-hydrogen) atoms. The number of benzene rings is 1. The van der Waals surface area contributed by atoms with Gasteiger partial charge in [0.05, 0.1) is 11.7 Å². The van der Waals surface area contributed by atoms with E-state index in [1.165, 1.54) is 12.8 Å². The van der Waals surface area contributed by atoms with Crippen LogP contribution in [-0.4, -0.2) is 21.7 Å². The Kier molecular flexibility index (Phi) is 9.38. The van der Waals surface area contributed by atoms with Crippen LogP contribution in [0.5, 0.6) is 5.75 Å².